The summed E-state index contributed by atoms with van der Waals surface area (Å²) in [4.78, 5) is 25.9. The molecule has 0 aliphatic heterocycles. The van der Waals surface area contributed by atoms with Gasteiger partial charge in [-0.3, -0.25) is 0 Å². The summed E-state index contributed by atoms with van der Waals surface area (Å²) in [6, 6.07) is 5.17. The van der Waals surface area contributed by atoms with Gasteiger partial charge >= 0.3 is 4.94 Å². The first-order valence-electron chi connectivity index (χ1n) is 5.65. The quantitative estimate of drug-likeness (QED) is 0.607. The van der Waals surface area contributed by atoms with Crippen LogP contribution in [0.4, 0.5) is 0 Å². The van der Waals surface area contributed by atoms with E-state index in [0.29, 0.717) is 28.4 Å². The topological polar surface area (TPSA) is 93.9 Å². The summed E-state index contributed by atoms with van der Waals surface area (Å²) in [5.74, 6) is 0.887. The highest BCUT2D eigenvalue weighted by molar-refractivity contribution is 7.16. The van der Waals surface area contributed by atoms with Crippen LogP contribution in [0.25, 0.3) is 21.4 Å². The van der Waals surface area contributed by atoms with Crippen molar-refractivity contribution in [2.75, 3.05) is 0 Å². The number of H-pyrrole nitrogens is 1. The number of rotatable bonds is 2. The predicted molar refractivity (Wildman–Crippen MR) is 72.1 cm³/mol. The molecule has 0 aliphatic carbocycles. The van der Waals surface area contributed by atoms with Crippen LogP contribution in [0.2, 0.25) is 0 Å². The summed E-state index contributed by atoms with van der Waals surface area (Å²) in [5.41, 5.74) is 1.63. The molecule has 0 aliphatic rings. The number of aromatic nitrogens is 4. The van der Waals surface area contributed by atoms with Gasteiger partial charge in [-0.25, -0.2) is 14.8 Å². The van der Waals surface area contributed by atoms with Crippen molar-refractivity contribution in [3.8, 4) is 11.6 Å². The predicted octanol–water partition coefficient (Wildman–Crippen LogP) is 2.31. The molecule has 0 bridgehead atoms. The summed E-state index contributed by atoms with van der Waals surface area (Å²) < 4.78 is 11.5. The second-order valence-electron chi connectivity index (χ2n) is 3.94. The highest BCUT2D eigenvalue weighted by atomic mass is 32.1. The number of benzene rings is 1. The summed E-state index contributed by atoms with van der Waals surface area (Å²) in [6.45, 7) is 0. The third-order valence-electron chi connectivity index (χ3n) is 2.70. The smallest absolute Gasteiger partial charge is 0.396 e. The van der Waals surface area contributed by atoms with E-state index in [4.69, 9.17) is 9.15 Å². The van der Waals surface area contributed by atoms with E-state index in [1.54, 1.807) is 18.2 Å². The fourth-order valence-electron chi connectivity index (χ4n) is 1.85. The van der Waals surface area contributed by atoms with Crippen LogP contribution in [0, 0.1) is 0 Å². The number of hydrogen-bond acceptors (Lipinski definition) is 7. The summed E-state index contributed by atoms with van der Waals surface area (Å²) in [5, 5.41) is 0. The van der Waals surface area contributed by atoms with E-state index in [0.717, 1.165) is 16.0 Å². The molecule has 0 fully saturated rings. The maximum Gasteiger partial charge on any atom is 0.396 e. The standard InChI is InChI=1S/C12H6N4O3S/c17-12-19-7-3-6(1-2-8(7)20-12)18-11-9-10(14-4-13-9)15-5-16-11/h1-5H,(H,13,14,15,16). The maximum absolute atomic E-state index is 11.2. The van der Waals surface area contributed by atoms with E-state index >= 15 is 0 Å². The average molecular weight is 286 g/mol. The van der Waals surface area contributed by atoms with E-state index in [1.165, 1.54) is 12.7 Å². The van der Waals surface area contributed by atoms with Gasteiger partial charge in [0.05, 0.1) is 11.0 Å². The van der Waals surface area contributed by atoms with Gasteiger partial charge in [-0.1, -0.05) is 11.3 Å². The molecule has 98 valence electrons. The Balaban J connectivity index is 1.80. The third kappa shape index (κ3) is 1.74. The number of fused-ring (bicyclic) bond motifs is 2. The summed E-state index contributed by atoms with van der Waals surface area (Å²) in [6.07, 6.45) is 2.90. The first-order valence-corrected chi connectivity index (χ1v) is 6.47. The number of aromatic amines is 1. The van der Waals surface area contributed by atoms with E-state index in [-0.39, 0.29) is 4.94 Å². The van der Waals surface area contributed by atoms with E-state index < -0.39 is 0 Å². The molecule has 7 nitrogen and oxygen atoms in total. The first kappa shape index (κ1) is 11.1. The van der Waals surface area contributed by atoms with Crippen molar-refractivity contribution in [2.24, 2.45) is 0 Å². The minimum absolute atomic E-state index is 0.338. The van der Waals surface area contributed by atoms with E-state index in [1.807, 2.05) is 0 Å². The van der Waals surface area contributed by atoms with Crippen LogP contribution in [0.5, 0.6) is 11.6 Å². The van der Waals surface area contributed by atoms with Crippen LogP contribution in [-0.4, -0.2) is 19.9 Å². The van der Waals surface area contributed by atoms with Gasteiger partial charge in [-0.2, -0.15) is 4.98 Å². The Morgan fingerprint density at radius 3 is 3.15 bits per heavy atom. The van der Waals surface area contributed by atoms with E-state index in [9.17, 15) is 4.79 Å². The van der Waals surface area contributed by atoms with Crippen LogP contribution in [-0.2, 0) is 0 Å². The number of hydrogen-bond donors (Lipinski definition) is 1. The molecule has 20 heavy (non-hydrogen) atoms. The Bertz CT molecular complexity index is 971. The summed E-state index contributed by atoms with van der Waals surface area (Å²) in [7, 11) is 0. The van der Waals surface area contributed by atoms with Gasteiger partial charge in [-0.05, 0) is 12.1 Å². The SMILES string of the molecule is O=c1oc2cc(Oc3ncnc4nc[nH]c34)ccc2s1. The Morgan fingerprint density at radius 2 is 2.20 bits per heavy atom. The maximum atomic E-state index is 11.2. The van der Waals surface area contributed by atoms with Gasteiger partial charge in [0, 0.05) is 6.07 Å². The molecule has 0 spiro atoms. The summed E-state index contributed by atoms with van der Waals surface area (Å²) >= 11 is 1.05. The molecule has 0 saturated heterocycles. The van der Waals surface area contributed by atoms with Gasteiger partial charge in [0.15, 0.2) is 11.2 Å². The van der Waals surface area contributed by atoms with Crippen molar-refractivity contribution in [3.63, 3.8) is 0 Å². The second-order valence-corrected chi connectivity index (χ2v) is 4.92. The minimum Gasteiger partial charge on any atom is -0.437 e. The molecule has 0 unspecified atom stereocenters. The van der Waals surface area contributed by atoms with Crippen molar-refractivity contribution >= 4 is 32.8 Å². The molecular weight excluding hydrogens is 280 g/mol. The normalized spacial score (nSPS) is 11.2. The lowest BCUT2D eigenvalue weighted by Gasteiger charge is -2.04. The minimum atomic E-state index is -0.338. The lowest BCUT2D eigenvalue weighted by molar-refractivity contribution is 0.466. The zero-order valence-electron chi connectivity index (χ0n) is 9.86. The molecule has 4 rings (SSSR count). The highest BCUT2D eigenvalue weighted by Gasteiger charge is 2.09. The van der Waals surface area contributed by atoms with Crippen molar-refractivity contribution in [3.05, 3.63) is 40.6 Å². The molecule has 0 radical (unpaired) electrons. The molecule has 3 heterocycles. The number of nitrogens with one attached hydrogen (secondary N) is 1. The zero-order valence-corrected chi connectivity index (χ0v) is 10.7. The van der Waals surface area contributed by atoms with Crippen molar-refractivity contribution in [1.29, 1.82) is 0 Å². The fourth-order valence-corrected chi connectivity index (χ4v) is 2.50. The van der Waals surface area contributed by atoms with Crippen molar-refractivity contribution in [2.45, 2.75) is 0 Å². The molecule has 4 aromatic rings. The lowest BCUT2D eigenvalue weighted by atomic mass is 10.3. The van der Waals surface area contributed by atoms with Crippen molar-refractivity contribution < 1.29 is 9.15 Å². The van der Waals surface area contributed by atoms with Crippen LogP contribution >= 0.6 is 11.3 Å². The van der Waals surface area contributed by atoms with Crippen LogP contribution in [0.15, 0.2) is 40.1 Å². The van der Waals surface area contributed by atoms with E-state index in [2.05, 4.69) is 19.9 Å². The van der Waals surface area contributed by atoms with Gasteiger partial charge in [0.25, 0.3) is 0 Å². The lowest BCUT2D eigenvalue weighted by Crippen LogP contribution is -1.90. The fraction of sp³-hybridized carbons (Fsp3) is 0. The number of nitrogens with zero attached hydrogens (tertiary/aromatic N) is 3. The Hall–Kier alpha value is -2.74. The zero-order chi connectivity index (χ0) is 13.5. The van der Waals surface area contributed by atoms with Gasteiger partial charge < -0.3 is 14.1 Å². The van der Waals surface area contributed by atoms with Gasteiger partial charge in [-0.15, -0.1) is 0 Å². The average Bonchev–Trinajstić information content (AvgIpc) is 3.03. The molecule has 1 N–H and O–H groups in total. The van der Waals surface area contributed by atoms with Crippen LogP contribution in [0.3, 0.4) is 0 Å². The third-order valence-corrected chi connectivity index (χ3v) is 3.51. The Labute approximate surface area is 114 Å². The van der Waals surface area contributed by atoms with Gasteiger partial charge in [0.1, 0.15) is 17.6 Å². The molecule has 0 saturated carbocycles. The monoisotopic (exact) mass is 286 g/mol. The van der Waals surface area contributed by atoms with Crippen LogP contribution < -0.4 is 9.68 Å². The highest BCUT2D eigenvalue weighted by Crippen LogP contribution is 2.28. The Morgan fingerprint density at radius 1 is 1.25 bits per heavy atom. The molecule has 0 amide bonds. The Kier molecular flexibility index (Phi) is 2.30. The molecule has 0 atom stereocenters. The number of ether oxygens (including phenoxy) is 1. The molecular formula is C12H6N4O3S. The number of imidazole rings is 1. The molecule has 8 heteroatoms. The molecule has 1 aromatic carbocycles. The first-order chi connectivity index (χ1) is 9.79. The van der Waals surface area contributed by atoms with Crippen LogP contribution in [0.1, 0.15) is 0 Å². The van der Waals surface area contributed by atoms with Crippen molar-refractivity contribution in [1.82, 2.24) is 19.9 Å². The molecule has 3 aromatic heterocycles. The second kappa shape index (κ2) is 4.14. The van der Waals surface area contributed by atoms with Gasteiger partial charge in [0.2, 0.25) is 5.88 Å². The largest absolute Gasteiger partial charge is 0.437 e.